The van der Waals surface area contributed by atoms with Crippen LogP contribution in [0, 0.1) is 0 Å². The van der Waals surface area contributed by atoms with Gasteiger partial charge in [0.05, 0.1) is 5.69 Å². The van der Waals surface area contributed by atoms with Crippen molar-refractivity contribution in [2.24, 2.45) is 0 Å². The summed E-state index contributed by atoms with van der Waals surface area (Å²) in [6.45, 7) is 5.47. The molecule has 0 aliphatic carbocycles. The molecule has 2 nitrogen and oxygen atoms in total. The van der Waals surface area contributed by atoms with Crippen molar-refractivity contribution in [3.05, 3.63) is 27.7 Å². The smallest absolute Gasteiger partial charge is 0.0526 e. The molecule has 0 saturated carbocycles. The molecule has 1 N–H and O–H groups in total. The molecule has 1 fully saturated rings. The Morgan fingerprint density at radius 3 is 3.12 bits per heavy atom. The highest BCUT2D eigenvalue weighted by Crippen LogP contribution is 2.30. The normalized spacial score (nSPS) is 21.4. The first-order chi connectivity index (χ1) is 8.20. The van der Waals surface area contributed by atoms with Crippen molar-refractivity contribution >= 4 is 33.2 Å². The first-order valence-corrected chi connectivity index (χ1v) is 7.31. The molecule has 0 amide bonds. The van der Waals surface area contributed by atoms with Crippen LogP contribution in [0.15, 0.2) is 22.7 Å². The minimum absolute atomic E-state index is 0.573. The third-order valence-electron chi connectivity index (χ3n) is 3.22. The summed E-state index contributed by atoms with van der Waals surface area (Å²) < 4.78 is 1.12. The second-order valence-corrected chi connectivity index (χ2v) is 5.75. The lowest BCUT2D eigenvalue weighted by Crippen LogP contribution is -2.37. The van der Waals surface area contributed by atoms with E-state index in [4.69, 9.17) is 11.6 Å². The summed E-state index contributed by atoms with van der Waals surface area (Å²) in [6.07, 6.45) is 2.34. The highest BCUT2D eigenvalue weighted by Gasteiger charge is 2.18. The second kappa shape index (κ2) is 6.07. The molecule has 94 valence electrons. The lowest BCUT2D eigenvalue weighted by molar-refractivity contribution is 0.528. The number of hydrogen-bond donors (Lipinski definition) is 1. The van der Waals surface area contributed by atoms with Crippen molar-refractivity contribution in [1.29, 1.82) is 0 Å². The minimum Gasteiger partial charge on any atom is -0.369 e. The lowest BCUT2D eigenvalue weighted by Gasteiger charge is -2.27. The summed E-state index contributed by atoms with van der Waals surface area (Å²) >= 11 is 9.70. The Labute approximate surface area is 116 Å². The second-order valence-electron chi connectivity index (χ2n) is 4.45. The van der Waals surface area contributed by atoms with Gasteiger partial charge < -0.3 is 10.2 Å². The number of benzene rings is 1. The fourth-order valence-corrected chi connectivity index (χ4v) is 2.88. The molecule has 1 atom stereocenters. The van der Waals surface area contributed by atoms with Gasteiger partial charge in [-0.3, -0.25) is 0 Å². The number of hydrogen-bond acceptors (Lipinski definition) is 2. The molecule has 1 aromatic carbocycles. The highest BCUT2D eigenvalue weighted by molar-refractivity contribution is 9.10. The van der Waals surface area contributed by atoms with Crippen molar-refractivity contribution in [3.63, 3.8) is 0 Å². The van der Waals surface area contributed by atoms with E-state index in [0.29, 0.717) is 6.04 Å². The summed E-state index contributed by atoms with van der Waals surface area (Å²) in [5, 5.41) is 4.37. The van der Waals surface area contributed by atoms with Gasteiger partial charge in [-0.05, 0) is 53.5 Å². The molecule has 17 heavy (non-hydrogen) atoms. The monoisotopic (exact) mass is 316 g/mol. The fourth-order valence-electron chi connectivity index (χ4n) is 2.22. The molecule has 0 bridgehead atoms. The Balaban J connectivity index is 2.21. The maximum Gasteiger partial charge on any atom is 0.0526 e. The molecule has 1 heterocycles. The molecule has 2 rings (SSSR count). The summed E-state index contributed by atoms with van der Waals surface area (Å²) in [4.78, 5) is 2.42. The van der Waals surface area contributed by atoms with Crippen molar-refractivity contribution in [2.45, 2.75) is 25.8 Å². The molecule has 1 saturated heterocycles. The maximum absolute atomic E-state index is 6.08. The summed E-state index contributed by atoms with van der Waals surface area (Å²) in [6, 6.07) is 6.56. The standard InChI is InChI=1S/C13H18BrClN2/c1-2-11-9-17(7-3-6-16-11)13-8-10(15)4-5-12(13)14/h4-5,8,11,16H,2-3,6-7,9H2,1H3. The maximum atomic E-state index is 6.08. The average molecular weight is 318 g/mol. The van der Waals surface area contributed by atoms with Gasteiger partial charge in [0.25, 0.3) is 0 Å². The van der Waals surface area contributed by atoms with Gasteiger partial charge in [-0.15, -0.1) is 0 Å². The van der Waals surface area contributed by atoms with Crippen LogP contribution in [-0.2, 0) is 0 Å². The van der Waals surface area contributed by atoms with Crippen LogP contribution in [0.5, 0.6) is 0 Å². The van der Waals surface area contributed by atoms with E-state index in [1.807, 2.05) is 18.2 Å². The highest BCUT2D eigenvalue weighted by atomic mass is 79.9. The largest absolute Gasteiger partial charge is 0.369 e. The quantitative estimate of drug-likeness (QED) is 0.895. The van der Waals surface area contributed by atoms with Crippen LogP contribution < -0.4 is 10.2 Å². The summed E-state index contributed by atoms with van der Waals surface area (Å²) in [7, 11) is 0. The van der Waals surface area contributed by atoms with Crippen LogP contribution in [0.4, 0.5) is 5.69 Å². The van der Waals surface area contributed by atoms with Gasteiger partial charge in [-0.1, -0.05) is 18.5 Å². The third-order valence-corrected chi connectivity index (χ3v) is 4.13. The number of anilines is 1. The minimum atomic E-state index is 0.573. The van der Waals surface area contributed by atoms with E-state index < -0.39 is 0 Å². The van der Waals surface area contributed by atoms with Crippen molar-refractivity contribution in [1.82, 2.24) is 5.32 Å². The van der Waals surface area contributed by atoms with Crippen LogP contribution in [0.1, 0.15) is 19.8 Å². The zero-order valence-corrected chi connectivity index (χ0v) is 12.4. The van der Waals surface area contributed by atoms with E-state index >= 15 is 0 Å². The molecular weight excluding hydrogens is 300 g/mol. The molecular formula is C13H18BrClN2. The molecule has 0 radical (unpaired) electrons. The molecule has 1 aliphatic heterocycles. The van der Waals surface area contributed by atoms with Gasteiger partial charge in [-0.2, -0.15) is 0 Å². The SMILES string of the molecule is CCC1CN(c2cc(Cl)ccc2Br)CCCN1. The third kappa shape index (κ3) is 3.36. The van der Waals surface area contributed by atoms with E-state index in [1.54, 1.807) is 0 Å². The van der Waals surface area contributed by atoms with E-state index in [-0.39, 0.29) is 0 Å². The molecule has 0 aromatic heterocycles. The topological polar surface area (TPSA) is 15.3 Å². The zero-order valence-electron chi connectivity index (χ0n) is 10.0. The zero-order chi connectivity index (χ0) is 12.3. The predicted molar refractivity (Wildman–Crippen MR) is 78.1 cm³/mol. The Bertz CT molecular complexity index is 384. The summed E-state index contributed by atoms with van der Waals surface area (Å²) in [5.74, 6) is 0. The van der Waals surface area contributed by atoms with E-state index in [1.165, 1.54) is 12.1 Å². The molecule has 4 heteroatoms. The van der Waals surface area contributed by atoms with Gasteiger partial charge in [-0.25, -0.2) is 0 Å². The van der Waals surface area contributed by atoms with Gasteiger partial charge in [0.15, 0.2) is 0 Å². The van der Waals surface area contributed by atoms with Crippen molar-refractivity contribution in [3.8, 4) is 0 Å². The first kappa shape index (κ1) is 13.2. The van der Waals surface area contributed by atoms with Crippen molar-refractivity contribution in [2.75, 3.05) is 24.5 Å². The molecule has 1 unspecified atom stereocenters. The van der Waals surface area contributed by atoms with Crippen LogP contribution in [0.3, 0.4) is 0 Å². The number of nitrogens with one attached hydrogen (secondary N) is 1. The van der Waals surface area contributed by atoms with Gasteiger partial charge in [0.1, 0.15) is 0 Å². The van der Waals surface area contributed by atoms with Crippen LogP contribution in [0.2, 0.25) is 5.02 Å². The Hall–Kier alpha value is -0.250. The van der Waals surface area contributed by atoms with Crippen LogP contribution >= 0.6 is 27.5 Å². The van der Waals surface area contributed by atoms with Crippen LogP contribution in [-0.4, -0.2) is 25.7 Å². The van der Waals surface area contributed by atoms with Crippen molar-refractivity contribution < 1.29 is 0 Å². The van der Waals surface area contributed by atoms with Crippen LogP contribution in [0.25, 0.3) is 0 Å². The number of nitrogens with zero attached hydrogens (tertiary/aromatic N) is 1. The molecule has 0 spiro atoms. The van der Waals surface area contributed by atoms with E-state index in [9.17, 15) is 0 Å². The molecule has 1 aromatic rings. The Morgan fingerprint density at radius 1 is 1.53 bits per heavy atom. The first-order valence-electron chi connectivity index (χ1n) is 6.14. The van der Waals surface area contributed by atoms with Gasteiger partial charge in [0, 0.05) is 28.6 Å². The number of halogens is 2. The van der Waals surface area contributed by atoms with E-state index in [0.717, 1.165) is 35.6 Å². The lowest BCUT2D eigenvalue weighted by atomic mass is 10.2. The Morgan fingerprint density at radius 2 is 2.35 bits per heavy atom. The Kier molecular flexibility index (Phi) is 4.71. The van der Waals surface area contributed by atoms with Gasteiger partial charge in [0.2, 0.25) is 0 Å². The average Bonchev–Trinajstić information content (AvgIpc) is 2.57. The fraction of sp³-hybridized carbons (Fsp3) is 0.538. The van der Waals surface area contributed by atoms with Gasteiger partial charge >= 0.3 is 0 Å². The summed E-state index contributed by atoms with van der Waals surface area (Å²) in [5.41, 5.74) is 1.21. The predicted octanol–water partition coefficient (Wildman–Crippen LogP) is 3.68. The molecule has 1 aliphatic rings. The number of rotatable bonds is 2. The van der Waals surface area contributed by atoms with E-state index in [2.05, 4.69) is 33.1 Å².